The van der Waals surface area contributed by atoms with Gasteiger partial charge in [-0.25, -0.2) is 8.78 Å². The Labute approximate surface area is 99.2 Å². The number of halogens is 2. The molecule has 1 aromatic rings. The number of hydrogen-bond donors (Lipinski definition) is 1. The summed E-state index contributed by atoms with van der Waals surface area (Å²) in [6.07, 6.45) is -1.06. The topological polar surface area (TPSA) is 61.0 Å². The Morgan fingerprint density at radius 1 is 1.18 bits per heavy atom. The van der Waals surface area contributed by atoms with Crippen molar-refractivity contribution < 1.29 is 13.5 Å². The fourth-order valence-corrected chi connectivity index (χ4v) is 1.70. The van der Waals surface area contributed by atoms with Gasteiger partial charge in [0, 0.05) is 12.1 Å². The van der Waals surface area contributed by atoms with Gasteiger partial charge in [0.25, 0.3) is 6.43 Å². The quantitative estimate of drug-likeness (QED) is 0.828. The molecule has 0 aliphatic heterocycles. The summed E-state index contributed by atoms with van der Waals surface area (Å²) in [4.78, 5) is 0. The van der Waals surface area contributed by atoms with Crippen molar-refractivity contribution in [3.05, 3.63) is 16.8 Å². The standard InChI is InChI=1S/C11H17F2N3O/c1-3-7-8(5-14)11(17-6-10(12)13)16-15-9(7)4-2/h10H,3-6,14H2,1-2H3. The van der Waals surface area contributed by atoms with Crippen LogP contribution in [0.15, 0.2) is 0 Å². The van der Waals surface area contributed by atoms with Crippen molar-refractivity contribution in [2.24, 2.45) is 5.73 Å². The van der Waals surface area contributed by atoms with Crippen LogP contribution in [-0.4, -0.2) is 23.2 Å². The van der Waals surface area contributed by atoms with Gasteiger partial charge in [0.05, 0.1) is 5.69 Å². The zero-order chi connectivity index (χ0) is 12.8. The Balaban J connectivity index is 3.05. The van der Waals surface area contributed by atoms with Crippen LogP contribution in [0, 0.1) is 0 Å². The molecule has 0 amide bonds. The van der Waals surface area contributed by atoms with Gasteiger partial charge in [0.2, 0.25) is 5.88 Å². The van der Waals surface area contributed by atoms with Gasteiger partial charge in [0.15, 0.2) is 6.61 Å². The molecule has 0 aromatic carbocycles. The van der Waals surface area contributed by atoms with Crippen molar-refractivity contribution in [3.8, 4) is 5.88 Å². The Morgan fingerprint density at radius 2 is 1.88 bits per heavy atom. The molecule has 0 unspecified atom stereocenters. The molecule has 4 nitrogen and oxygen atoms in total. The summed E-state index contributed by atoms with van der Waals surface area (Å²) in [5.41, 5.74) is 8.10. The molecule has 0 saturated carbocycles. The fourth-order valence-electron chi connectivity index (χ4n) is 1.70. The lowest BCUT2D eigenvalue weighted by atomic mass is 10.0. The van der Waals surface area contributed by atoms with Gasteiger partial charge in [-0.1, -0.05) is 13.8 Å². The minimum absolute atomic E-state index is 0.127. The molecule has 0 fully saturated rings. The lowest BCUT2D eigenvalue weighted by molar-refractivity contribution is 0.0784. The number of rotatable bonds is 6. The second-order valence-corrected chi connectivity index (χ2v) is 3.52. The molecule has 0 saturated heterocycles. The normalized spacial score (nSPS) is 10.9. The summed E-state index contributed by atoms with van der Waals surface area (Å²) in [6, 6.07) is 0. The molecule has 0 aliphatic carbocycles. The maximum atomic E-state index is 12.1. The summed E-state index contributed by atoms with van der Waals surface area (Å²) in [5, 5.41) is 7.79. The monoisotopic (exact) mass is 245 g/mol. The highest BCUT2D eigenvalue weighted by molar-refractivity contribution is 5.36. The molecule has 0 bridgehead atoms. The number of hydrogen-bond acceptors (Lipinski definition) is 4. The highest BCUT2D eigenvalue weighted by Gasteiger charge is 2.15. The number of nitrogens with zero attached hydrogens (tertiary/aromatic N) is 2. The molecule has 1 aromatic heterocycles. The molecule has 0 radical (unpaired) electrons. The maximum Gasteiger partial charge on any atom is 0.272 e. The minimum atomic E-state index is -2.53. The Kier molecular flexibility index (Phi) is 5.21. The van der Waals surface area contributed by atoms with E-state index in [2.05, 4.69) is 10.2 Å². The fraction of sp³-hybridized carbons (Fsp3) is 0.636. The summed E-state index contributed by atoms with van der Waals surface area (Å²) in [7, 11) is 0. The second-order valence-electron chi connectivity index (χ2n) is 3.52. The molecule has 0 atom stereocenters. The van der Waals surface area contributed by atoms with E-state index in [0.717, 1.165) is 24.1 Å². The lowest BCUT2D eigenvalue weighted by Gasteiger charge is -2.14. The molecule has 6 heteroatoms. The van der Waals surface area contributed by atoms with Crippen LogP contribution in [0.1, 0.15) is 30.7 Å². The molecular weight excluding hydrogens is 228 g/mol. The van der Waals surface area contributed by atoms with E-state index in [1.807, 2.05) is 13.8 Å². The number of aryl methyl sites for hydroxylation is 1. The maximum absolute atomic E-state index is 12.1. The first kappa shape index (κ1) is 13.8. The van der Waals surface area contributed by atoms with Crippen LogP contribution >= 0.6 is 0 Å². The van der Waals surface area contributed by atoms with Crippen LogP contribution in [0.25, 0.3) is 0 Å². The van der Waals surface area contributed by atoms with Crippen molar-refractivity contribution in [3.63, 3.8) is 0 Å². The van der Waals surface area contributed by atoms with Crippen LogP contribution in [0.3, 0.4) is 0 Å². The average molecular weight is 245 g/mol. The predicted molar refractivity (Wildman–Crippen MR) is 60.2 cm³/mol. The van der Waals surface area contributed by atoms with Crippen LogP contribution in [0.2, 0.25) is 0 Å². The van der Waals surface area contributed by atoms with Crippen LogP contribution in [0.4, 0.5) is 8.78 Å². The van der Waals surface area contributed by atoms with E-state index in [9.17, 15) is 8.78 Å². The van der Waals surface area contributed by atoms with Crippen molar-refractivity contribution >= 4 is 0 Å². The van der Waals surface area contributed by atoms with E-state index in [0.29, 0.717) is 5.56 Å². The van der Waals surface area contributed by atoms with Crippen molar-refractivity contribution in [2.45, 2.75) is 39.7 Å². The molecule has 1 heterocycles. The minimum Gasteiger partial charge on any atom is -0.470 e. The molecule has 96 valence electrons. The molecule has 17 heavy (non-hydrogen) atoms. The zero-order valence-corrected chi connectivity index (χ0v) is 10.0. The second kappa shape index (κ2) is 6.44. The number of aromatic nitrogens is 2. The summed E-state index contributed by atoms with van der Waals surface area (Å²) in [6.45, 7) is 3.45. The van der Waals surface area contributed by atoms with Crippen molar-refractivity contribution in [2.75, 3.05) is 6.61 Å². The highest BCUT2D eigenvalue weighted by atomic mass is 19.3. The molecule has 0 spiro atoms. The van der Waals surface area contributed by atoms with E-state index in [4.69, 9.17) is 10.5 Å². The zero-order valence-electron chi connectivity index (χ0n) is 10.0. The van der Waals surface area contributed by atoms with E-state index in [1.165, 1.54) is 0 Å². The van der Waals surface area contributed by atoms with E-state index < -0.39 is 13.0 Å². The van der Waals surface area contributed by atoms with Gasteiger partial charge >= 0.3 is 0 Å². The van der Waals surface area contributed by atoms with Crippen LogP contribution < -0.4 is 10.5 Å². The first-order valence-electron chi connectivity index (χ1n) is 5.62. The van der Waals surface area contributed by atoms with E-state index in [-0.39, 0.29) is 12.4 Å². The van der Waals surface area contributed by atoms with Crippen LogP contribution in [0.5, 0.6) is 5.88 Å². The van der Waals surface area contributed by atoms with Gasteiger partial charge in [-0.2, -0.15) is 5.10 Å². The van der Waals surface area contributed by atoms with E-state index in [1.54, 1.807) is 0 Å². The molecule has 0 aliphatic rings. The number of ether oxygens (including phenoxy) is 1. The molecular formula is C11H17F2N3O. The Bertz CT molecular complexity index is 372. The summed E-state index contributed by atoms with van der Waals surface area (Å²) >= 11 is 0. The first-order valence-corrected chi connectivity index (χ1v) is 5.62. The third-order valence-electron chi connectivity index (χ3n) is 2.47. The highest BCUT2D eigenvalue weighted by Crippen LogP contribution is 2.22. The smallest absolute Gasteiger partial charge is 0.272 e. The number of alkyl halides is 2. The average Bonchev–Trinajstić information content (AvgIpc) is 2.34. The summed E-state index contributed by atoms with van der Waals surface area (Å²) in [5.74, 6) is 0.127. The molecule has 1 rings (SSSR count). The summed E-state index contributed by atoms with van der Waals surface area (Å²) < 4.78 is 29.1. The van der Waals surface area contributed by atoms with Gasteiger partial charge in [-0.15, -0.1) is 5.10 Å². The van der Waals surface area contributed by atoms with Gasteiger partial charge < -0.3 is 10.5 Å². The van der Waals surface area contributed by atoms with Crippen molar-refractivity contribution in [1.29, 1.82) is 0 Å². The van der Waals surface area contributed by atoms with Crippen molar-refractivity contribution in [1.82, 2.24) is 10.2 Å². The van der Waals surface area contributed by atoms with Gasteiger partial charge in [0.1, 0.15) is 0 Å². The largest absolute Gasteiger partial charge is 0.470 e. The molecule has 2 N–H and O–H groups in total. The first-order chi connectivity index (χ1) is 8.13. The van der Waals surface area contributed by atoms with E-state index >= 15 is 0 Å². The third-order valence-corrected chi connectivity index (χ3v) is 2.47. The van der Waals surface area contributed by atoms with Gasteiger partial charge in [-0.3, -0.25) is 0 Å². The van der Waals surface area contributed by atoms with Crippen LogP contribution in [-0.2, 0) is 19.4 Å². The Hall–Kier alpha value is -1.30. The third kappa shape index (κ3) is 3.33. The number of nitrogens with two attached hydrogens (primary N) is 1. The predicted octanol–water partition coefficient (Wildman–Crippen LogP) is 1.70. The van der Waals surface area contributed by atoms with Gasteiger partial charge in [-0.05, 0) is 18.4 Å². The Morgan fingerprint density at radius 3 is 2.35 bits per heavy atom. The lowest BCUT2D eigenvalue weighted by Crippen LogP contribution is -2.15. The SMILES string of the molecule is CCc1nnc(OCC(F)F)c(CN)c1CC.